The van der Waals surface area contributed by atoms with Gasteiger partial charge in [0.05, 0.1) is 5.69 Å². The predicted octanol–water partition coefficient (Wildman–Crippen LogP) is 2.56. The molecule has 14 heavy (non-hydrogen) atoms. The van der Waals surface area contributed by atoms with Crippen LogP contribution in [0.3, 0.4) is 0 Å². The van der Waals surface area contributed by atoms with Crippen LogP contribution in [0.1, 0.15) is 24.2 Å². The Bertz CT molecular complexity index is 461. The summed E-state index contributed by atoms with van der Waals surface area (Å²) in [5.74, 6) is 0. The molecular weight excluding hydrogens is 172 g/mol. The zero-order valence-corrected chi connectivity index (χ0v) is 8.49. The van der Waals surface area contributed by atoms with Gasteiger partial charge in [-0.15, -0.1) is 0 Å². The molecule has 0 aliphatic heterocycles. The molecule has 0 spiro atoms. The Morgan fingerprint density at radius 3 is 2.71 bits per heavy atom. The minimum Gasteiger partial charge on any atom is -0.323 e. The highest BCUT2D eigenvalue weighted by Crippen LogP contribution is 2.17. The first-order valence-electron chi connectivity index (χ1n) is 4.79. The van der Waals surface area contributed by atoms with Gasteiger partial charge in [-0.1, -0.05) is 17.7 Å². The molecular formula is C12H14N2. The molecule has 1 aromatic heterocycles. The van der Waals surface area contributed by atoms with Crippen molar-refractivity contribution in [3.63, 3.8) is 0 Å². The number of hydrogen-bond acceptors (Lipinski definition) is 2. The molecule has 0 saturated carbocycles. The van der Waals surface area contributed by atoms with Gasteiger partial charge in [0.25, 0.3) is 0 Å². The molecule has 0 aliphatic carbocycles. The first-order chi connectivity index (χ1) is 6.66. The summed E-state index contributed by atoms with van der Waals surface area (Å²) in [5.41, 5.74) is 7.98. The maximum atomic E-state index is 5.77. The molecule has 2 heteroatoms. The van der Waals surface area contributed by atoms with Gasteiger partial charge in [0, 0.05) is 17.6 Å². The Balaban J connectivity index is 2.62. The largest absolute Gasteiger partial charge is 0.323 e. The summed E-state index contributed by atoms with van der Waals surface area (Å²) >= 11 is 0. The van der Waals surface area contributed by atoms with Crippen molar-refractivity contribution in [1.29, 1.82) is 0 Å². The van der Waals surface area contributed by atoms with E-state index in [4.69, 9.17) is 5.73 Å². The second kappa shape index (κ2) is 3.39. The summed E-state index contributed by atoms with van der Waals surface area (Å²) in [5, 5.41) is 2.38. The molecule has 0 amide bonds. The highest BCUT2D eigenvalue weighted by atomic mass is 14.8. The molecule has 0 saturated heterocycles. The van der Waals surface area contributed by atoms with Gasteiger partial charge in [-0.2, -0.15) is 0 Å². The Morgan fingerprint density at radius 1 is 1.21 bits per heavy atom. The fourth-order valence-electron chi connectivity index (χ4n) is 1.53. The number of benzene rings is 1. The van der Waals surface area contributed by atoms with E-state index < -0.39 is 0 Å². The predicted molar refractivity (Wildman–Crippen MR) is 59.1 cm³/mol. The molecule has 72 valence electrons. The van der Waals surface area contributed by atoms with E-state index in [0.717, 1.165) is 5.69 Å². The van der Waals surface area contributed by atoms with E-state index in [-0.39, 0.29) is 6.04 Å². The van der Waals surface area contributed by atoms with E-state index in [1.54, 1.807) is 0 Å². The maximum Gasteiger partial charge on any atom is 0.0574 e. The number of aryl methyl sites for hydroxylation is 1. The Hall–Kier alpha value is -1.41. The van der Waals surface area contributed by atoms with Gasteiger partial charge in [-0.05, 0) is 31.4 Å². The third-order valence-corrected chi connectivity index (χ3v) is 2.36. The van der Waals surface area contributed by atoms with Crippen LogP contribution in [0.5, 0.6) is 0 Å². The molecule has 0 bridgehead atoms. The van der Waals surface area contributed by atoms with Crippen molar-refractivity contribution in [3.05, 3.63) is 41.7 Å². The average molecular weight is 186 g/mol. The summed E-state index contributed by atoms with van der Waals surface area (Å²) < 4.78 is 0. The Labute approximate surface area is 83.8 Å². The highest BCUT2D eigenvalue weighted by molar-refractivity contribution is 5.82. The summed E-state index contributed by atoms with van der Waals surface area (Å²) in [4.78, 5) is 4.32. The molecule has 0 fully saturated rings. The van der Waals surface area contributed by atoms with Gasteiger partial charge in [0.2, 0.25) is 0 Å². The average Bonchev–Trinajstić information content (AvgIpc) is 2.16. The van der Waals surface area contributed by atoms with E-state index in [9.17, 15) is 0 Å². The Kier molecular flexibility index (Phi) is 2.22. The lowest BCUT2D eigenvalue weighted by Crippen LogP contribution is -2.06. The van der Waals surface area contributed by atoms with Crippen LogP contribution in [-0.4, -0.2) is 4.98 Å². The number of nitrogens with two attached hydrogens (primary N) is 1. The smallest absolute Gasteiger partial charge is 0.0574 e. The number of fused-ring (bicyclic) bond motifs is 1. The lowest BCUT2D eigenvalue weighted by molar-refractivity contribution is 0.784. The van der Waals surface area contributed by atoms with Crippen LogP contribution in [0.4, 0.5) is 0 Å². The maximum absolute atomic E-state index is 5.77. The van der Waals surface area contributed by atoms with Crippen molar-refractivity contribution in [1.82, 2.24) is 4.98 Å². The molecule has 2 rings (SSSR count). The summed E-state index contributed by atoms with van der Waals surface area (Å²) in [6.45, 7) is 4.03. The van der Waals surface area contributed by atoms with Crippen LogP contribution >= 0.6 is 0 Å². The lowest BCUT2D eigenvalue weighted by Gasteiger charge is -2.06. The van der Waals surface area contributed by atoms with Crippen LogP contribution in [-0.2, 0) is 0 Å². The van der Waals surface area contributed by atoms with Crippen LogP contribution in [0.15, 0.2) is 30.5 Å². The number of nitrogens with zero attached hydrogens (tertiary/aromatic N) is 1. The molecule has 2 aromatic rings. The van der Waals surface area contributed by atoms with Crippen molar-refractivity contribution in [2.24, 2.45) is 5.73 Å². The van der Waals surface area contributed by atoms with E-state index in [2.05, 4.69) is 36.2 Å². The van der Waals surface area contributed by atoms with Crippen molar-refractivity contribution in [2.45, 2.75) is 19.9 Å². The Morgan fingerprint density at radius 2 is 2.00 bits per heavy atom. The third kappa shape index (κ3) is 1.61. The second-order valence-electron chi connectivity index (χ2n) is 3.75. The number of rotatable bonds is 1. The quantitative estimate of drug-likeness (QED) is 0.743. The van der Waals surface area contributed by atoms with Gasteiger partial charge < -0.3 is 5.73 Å². The molecule has 0 radical (unpaired) electrons. The third-order valence-electron chi connectivity index (χ3n) is 2.36. The summed E-state index contributed by atoms with van der Waals surface area (Å²) in [6, 6.07) is 8.40. The molecule has 1 unspecified atom stereocenters. The van der Waals surface area contributed by atoms with Crippen LogP contribution in [0.2, 0.25) is 0 Å². The highest BCUT2D eigenvalue weighted by Gasteiger charge is 2.02. The lowest BCUT2D eigenvalue weighted by atomic mass is 10.1. The number of pyridine rings is 1. The monoisotopic (exact) mass is 186 g/mol. The zero-order chi connectivity index (χ0) is 10.1. The van der Waals surface area contributed by atoms with E-state index in [1.807, 2.05) is 13.1 Å². The van der Waals surface area contributed by atoms with Crippen molar-refractivity contribution >= 4 is 10.8 Å². The molecule has 2 nitrogen and oxygen atoms in total. The first-order valence-corrected chi connectivity index (χ1v) is 4.79. The fourth-order valence-corrected chi connectivity index (χ4v) is 1.53. The van der Waals surface area contributed by atoms with Gasteiger partial charge in [-0.3, -0.25) is 4.98 Å². The number of aromatic nitrogens is 1. The summed E-state index contributed by atoms with van der Waals surface area (Å²) in [7, 11) is 0. The standard InChI is InChI=1S/C12H14N2/c1-8-3-4-10-6-12(9(2)13)14-7-11(10)5-8/h3-7,9H,13H2,1-2H3. The normalized spacial score (nSPS) is 13.1. The summed E-state index contributed by atoms with van der Waals surface area (Å²) in [6.07, 6.45) is 1.89. The minimum absolute atomic E-state index is 0.000651. The molecule has 0 aliphatic rings. The zero-order valence-electron chi connectivity index (χ0n) is 8.49. The van der Waals surface area contributed by atoms with Crippen molar-refractivity contribution in [2.75, 3.05) is 0 Å². The van der Waals surface area contributed by atoms with E-state index in [1.165, 1.54) is 16.3 Å². The van der Waals surface area contributed by atoms with Gasteiger partial charge >= 0.3 is 0 Å². The van der Waals surface area contributed by atoms with Gasteiger partial charge in [0.15, 0.2) is 0 Å². The van der Waals surface area contributed by atoms with Crippen molar-refractivity contribution in [3.8, 4) is 0 Å². The van der Waals surface area contributed by atoms with Crippen molar-refractivity contribution < 1.29 is 0 Å². The fraction of sp³-hybridized carbons (Fsp3) is 0.250. The SMILES string of the molecule is Cc1ccc2cc(C(C)N)ncc2c1. The second-order valence-corrected chi connectivity index (χ2v) is 3.75. The van der Waals surface area contributed by atoms with Crippen LogP contribution in [0.25, 0.3) is 10.8 Å². The molecule has 1 heterocycles. The van der Waals surface area contributed by atoms with E-state index >= 15 is 0 Å². The molecule has 1 atom stereocenters. The van der Waals surface area contributed by atoms with Gasteiger partial charge in [-0.25, -0.2) is 0 Å². The van der Waals surface area contributed by atoms with Crippen LogP contribution < -0.4 is 5.73 Å². The van der Waals surface area contributed by atoms with E-state index in [0.29, 0.717) is 0 Å². The number of hydrogen-bond donors (Lipinski definition) is 1. The minimum atomic E-state index is 0.000651. The van der Waals surface area contributed by atoms with Gasteiger partial charge in [0.1, 0.15) is 0 Å². The van der Waals surface area contributed by atoms with Crippen LogP contribution in [0, 0.1) is 6.92 Å². The molecule has 2 N–H and O–H groups in total. The molecule has 1 aromatic carbocycles. The topological polar surface area (TPSA) is 38.9 Å². The first kappa shape index (κ1) is 9.16.